The van der Waals surface area contributed by atoms with Gasteiger partial charge in [0.25, 0.3) is 0 Å². The lowest BCUT2D eigenvalue weighted by Crippen LogP contribution is -2.11. The molecule has 0 aliphatic carbocycles. The van der Waals surface area contributed by atoms with E-state index >= 15 is 0 Å². The molecular weight excluding hydrogens is 307 g/mol. The third kappa shape index (κ3) is 3.31. The molecule has 0 bridgehead atoms. The van der Waals surface area contributed by atoms with Crippen molar-refractivity contribution in [3.63, 3.8) is 0 Å². The molecule has 0 spiro atoms. The van der Waals surface area contributed by atoms with Crippen LogP contribution in [0.25, 0.3) is 11.4 Å². The SMILES string of the molecule is Cc1nc(-c2cccc(C#N)c2)nn1CC(O)c1ccc(F)cc1. The molecule has 1 N–H and O–H groups in total. The molecule has 0 saturated carbocycles. The van der Waals surface area contributed by atoms with E-state index in [2.05, 4.69) is 16.2 Å². The molecule has 0 radical (unpaired) electrons. The Kier molecular flexibility index (Phi) is 4.36. The summed E-state index contributed by atoms with van der Waals surface area (Å²) in [6, 6.07) is 14.8. The third-order valence-corrected chi connectivity index (χ3v) is 3.71. The summed E-state index contributed by atoms with van der Waals surface area (Å²) in [4.78, 5) is 4.39. The maximum atomic E-state index is 13.0. The molecule has 0 fully saturated rings. The van der Waals surface area contributed by atoms with E-state index in [1.165, 1.54) is 12.1 Å². The topological polar surface area (TPSA) is 74.7 Å². The molecule has 1 atom stereocenters. The minimum absolute atomic E-state index is 0.211. The molecule has 1 heterocycles. The van der Waals surface area contributed by atoms with Crippen LogP contribution in [0.4, 0.5) is 4.39 Å². The predicted molar refractivity (Wildman–Crippen MR) is 86.3 cm³/mol. The van der Waals surface area contributed by atoms with Gasteiger partial charge in [0.05, 0.1) is 24.3 Å². The first kappa shape index (κ1) is 15.8. The summed E-state index contributed by atoms with van der Waals surface area (Å²) in [6.45, 7) is 2.00. The summed E-state index contributed by atoms with van der Waals surface area (Å²) in [5.41, 5.74) is 1.89. The first-order chi connectivity index (χ1) is 11.6. The molecule has 0 aliphatic rings. The highest BCUT2D eigenvalue weighted by molar-refractivity contribution is 5.57. The molecule has 24 heavy (non-hydrogen) atoms. The molecule has 1 aromatic heterocycles. The smallest absolute Gasteiger partial charge is 0.181 e. The lowest BCUT2D eigenvalue weighted by Gasteiger charge is -2.11. The molecule has 3 aromatic rings. The average molecular weight is 322 g/mol. The third-order valence-electron chi connectivity index (χ3n) is 3.71. The summed E-state index contributed by atoms with van der Waals surface area (Å²) in [5, 5.41) is 23.7. The van der Waals surface area contributed by atoms with Crippen LogP contribution in [0.15, 0.2) is 48.5 Å². The molecule has 120 valence electrons. The van der Waals surface area contributed by atoms with Crippen LogP contribution in [-0.2, 0) is 6.54 Å². The minimum Gasteiger partial charge on any atom is -0.386 e. The largest absolute Gasteiger partial charge is 0.386 e. The van der Waals surface area contributed by atoms with Gasteiger partial charge >= 0.3 is 0 Å². The Bertz CT molecular complexity index is 896. The number of rotatable bonds is 4. The number of aromatic nitrogens is 3. The number of nitriles is 1. The zero-order valence-corrected chi connectivity index (χ0v) is 13.0. The van der Waals surface area contributed by atoms with Gasteiger partial charge in [0.2, 0.25) is 0 Å². The van der Waals surface area contributed by atoms with Gasteiger partial charge in [-0.2, -0.15) is 10.4 Å². The number of aliphatic hydroxyl groups excluding tert-OH is 1. The fourth-order valence-corrected chi connectivity index (χ4v) is 2.40. The van der Waals surface area contributed by atoms with Crippen molar-refractivity contribution in [2.45, 2.75) is 19.6 Å². The first-order valence-electron chi connectivity index (χ1n) is 7.42. The van der Waals surface area contributed by atoms with Gasteiger partial charge in [0, 0.05) is 5.56 Å². The van der Waals surface area contributed by atoms with E-state index in [4.69, 9.17) is 5.26 Å². The molecular formula is C18H15FN4O. The van der Waals surface area contributed by atoms with Gasteiger partial charge in [-0.1, -0.05) is 24.3 Å². The zero-order chi connectivity index (χ0) is 17.1. The van der Waals surface area contributed by atoms with E-state index in [1.807, 2.05) is 6.07 Å². The Labute approximate surface area is 138 Å². The van der Waals surface area contributed by atoms with Crippen molar-refractivity contribution in [3.8, 4) is 17.5 Å². The van der Waals surface area contributed by atoms with E-state index < -0.39 is 6.10 Å². The number of halogens is 1. The fourth-order valence-electron chi connectivity index (χ4n) is 2.40. The van der Waals surface area contributed by atoms with E-state index in [1.54, 1.807) is 41.9 Å². The van der Waals surface area contributed by atoms with Crippen molar-refractivity contribution < 1.29 is 9.50 Å². The van der Waals surface area contributed by atoms with E-state index in [0.29, 0.717) is 22.8 Å². The summed E-state index contributed by atoms with van der Waals surface area (Å²) in [7, 11) is 0. The Morgan fingerprint density at radius 3 is 2.71 bits per heavy atom. The molecule has 6 heteroatoms. The van der Waals surface area contributed by atoms with Crippen molar-refractivity contribution in [2.75, 3.05) is 0 Å². The van der Waals surface area contributed by atoms with Gasteiger partial charge in [-0.15, -0.1) is 0 Å². The highest BCUT2D eigenvalue weighted by Crippen LogP contribution is 2.20. The maximum absolute atomic E-state index is 13.0. The van der Waals surface area contributed by atoms with Crippen molar-refractivity contribution >= 4 is 0 Å². The highest BCUT2D eigenvalue weighted by Gasteiger charge is 2.14. The second-order valence-electron chi connectivity index (χ2n) is 5.42. The van der Waals surface area contributed by atoms with Crippen LogP contribution in [-0.4, -0.2) is 19.9 Å². The van der Waals surface area contributed by atoms with Gasteiger partial charge in [-0.3, -0.25) is 0 Å². The molecule has 2 aromatic carbocycles. The summed E-state index contributed by atoms with van der Waals surface area (Å²) in [6.07, 6.45) is -0.815. The average Bonchev–Trinajstić information content (AvgIpc) is 2.96. The van der Waals surface area contributed by atoms with Gasteiger partial charge in [-0.25, -0.2) is 14.1 Å². The first-order valence-corrected chi connectivity index (χ1v) is 7.42. The van der Waals surface area contributed by atoms with Crippen LogP contribution in [0.1, 0.15) is 23.1 Å². The van der Waals surface area contributed by atoms with E-state index in [-0.39, 0.29) is 12.4 Å². The standard InChI is InChI=1S/C18H15FN4O/c1-12-21-18(15-4-2-3-13(9-15)10-20)22-23(12)11-17(24)14-5-7-16(19)8-6-14/h2-9,17,24H,11H2,1H3. The summed E-state index contributed by atoms with van der Waals surface area (Å²) in [5.74, 6) is 0.798. The molecule has 3 rings (SSSR count). The Balaban J connectivity index is 1.83. The number of benzene rings is 2. The second kappa shape index (κ2) is 6.60. The van der Waals surface area contributed by atoms with Crippen molar-refractivity contribution in [2.24, 2.45) is 0 Å². The Hall–Kier alpha value is -3.04. The van der Waals surface area contributed by atoms with Crippen LogP contribution in [0, 0.1) is 24.1 Å². The number of hydrogen-bond donors (Lipinski definition) is 1. The number of aliphatic hydroxyl groups is 1. The van der Waals surface area contributed by atoms with Gasteiger partial charge < -0.3 is 5.11 Å². The van der Waals surface area contributed by atoms with Crippen LogP contribution in [0.2, 0.25) is 0 Å². The molecule has 5 nitrogen and oxygen atoms in total. The molecule has 1 unspecified atom stereocenters. The second-order valence-corrected chi connectivity index (χ2v) is 5.42. The highest BCUT2D eigenvalue weighted by atomic mass is 19.1. The monoisotopic (exact) mass is 322 g/mol. The molecule has 0 aliphatic heterocycles. The van der Waals surface area contributed by atoms with Gasteiger partial charge in [0.15, 0.2) is 5.82 Å². The quantitative estimate of drug-likeness (QED) is 0.801. The van der Waals surface area contributed by atoms with Gasteiger partial charge in [-0.05, 0) is 36.8 Å². The Morgan fingerprint density at radius 1 is 1.25 bits per heavy atom. The zero-order valence-electron chi connectivity index (χ0n) is 13.0. The van der Waals surface area contributed by atoms with Crippen molar-refractivity contribution in [1.82, 2.24) is 14.8 Å². The van der Waals surface area contributed by atoms with E-state index in [0.717, 1.165) is 5.56 Å². The normalized spacial score (nSPS) is 11.9. The van der Waals surface area contributed by atoms with Crippen molar-refractivity contribution in [1.29, 1.82) is 5.26 Å². The van der Waals surface area contributed by atoms with Crippen LogP contribution in [0.3, 0.4) is 0 Å². The summed E-state index contributed by atoms with van der Waals surface area (Å²) < 4.78 is 14.6. The molecule has 0 amide bonds. The maximum Gasteiger partial charge on any atom is 0.181 e. The predicted octanol–water partition coefficient (Wildman–Crippen LogP) is 3.00. The Morgan fingerprint density at radius 2 is 2.00 bits per heavy atom. The van der Waals surface area contributed by atoms with Gasteiger partial charge in [0.1, 0.15) is 11.6 Å². The minimum atomic E-state index is -0.815. The van der Waals surface area contributed by atoms with Crippen LogP contribution >= 0.6 is 0 Å². The lowest BCUT2D eigenvalue weighted by atomic mass is 10.1. The van der Waals surface area contributed by atoms with Crippen molar-refractivity contribution in [3.05, 3.63) is 71.3 Å². The fraction of sp³-hybridized carbons (Fsp3) is 0.167. The van der Waals surface area contributed by atoms with Crippen LogP contribution in [0.5, 0.6) is 0 Å². The lowest BCUT2D eigenvalue weighted by molar-refractivity contribution is 0.150. The van der Waals surface area contributed by atoms with E-state index in [9.17, 15) is 9.50 Å². The molecule has 0 saturated heterocycles. The summed E-state index contributed by atoms with van der Waals surface area (Å²) >= 11 is 0. The number of nitrogens with zero attached hydrogens (tertiary/aromatic N) is 4. The van der Waals surface area contributed by atoms with Crippen LogP contribution < -0.4 is 0 Å². The number of hydrogen-bond acceptors (Lipinski definition) is 4. The number of aryl methyl sites for hydroxylation is 1.